The molecule has 0 aliphatic rings. The fraction of sp³-hybridized carbons (Fsp3) is 1.00. The third-order valence-electron chi connectivity index (χ3n) is 0.465. The Morgan fingerprint density at radius 2 is 2.00 bits per heavy atom. The van der Waals surface area contributed by atoms with Crippen LogP contribution in [0, 0.1) is 0 Å². The summed E-state index contributed by atoms with van der Waals surface area (Å²) in [6.45, 7) is 0. The van der Waals surface area contributed by atoms with Gasteiger partial charge in [-0.15, -0.1) is 11.6 Å². The van der Waals surface area contributed by atoms with E-state index >= 15 is 0 Å². The van der Waals surface area contributed by atoms with Gasteiger partial charge in [-0.05, 0) is 0 Å². The van der Waals surface area contributed by atoms with Crippen molar-refractivity contribution >= 4 is 21.7 Å². The molecule has 4 nitrogen and oxygen atoms in total. The summed E-state index contributed by atoms with van der Waals surface area (Å²) in [7, 11) is -4.58. The molecule has 0 rings (SSSR count). The predicted octanol–water partition coefficient (Wildman–Crippen LogP) is -3.91. The smallest absolute Gasteiger partial charge is 0.746 e. The first-order valence-corrected chi connectivity index (χ1v) is 3.68. The molecule has 1 unspecified atom stereocenters. The average Bonchev–Trinajstić information content (AvgIpc) is 1.62. The van der Waals surface area contributed by atoms with E-state index in [-0.39, 0.29) is 29.6 Å². The van der Waals surface area contributed by atoms with Crippen LogP contribution in [0.3, 0.4) is 0 Å². The second-order valence-corrected chi connectivity index (χ2v) is 2.94. The van der Waals surface area contributed by atoms with E-state index in [2.05, 4.69) is 0 Å². The summed E-state index contributed by atoms with van der Waals surface area (Å²) in [4.78, 5) is 0. The molecule has 0 amide bonds. The Kier molecular flexibility index (Phi) is 6.97. The summed E-state index contributed by atoms with van der Waals surface area (Å²) in [5, 5.41) is 8.16. The van der Waals surface area contributed by atoms with Crippen molar-refractivity contribution in [2.45, 2.75) is 5.44 Å². The van der Waals surface area contributed by atoms with E-state index < -0.39 is 21.4 Å². The van der Waals surface area contributed by atoms with Gasteiger partial charge in [-0.3, -0.25) is 0 Å². The van der Waals surface area contributed by atoms with Gasteiger partial charge in [0.15, 0.2) is 5.44 Å². The van der Waals surface area contributed by atoms with Crippen molar-refractivity contribution in [1.82, 2.24) is 0 Å². The molecule has 0 aliphatic carbocycles. The van der Waals surface area contributed by atoms with Crippen molar-refractivity contribution in [3.05, 3.63) is 0 Å². The number of aliphatic hydroxyl groups is 1. The van der Waals surface area contributed by atoms with Crippen LogP contribution in [0.4, 0.5) is 0 Å². The van der Waals surface area contributed by atoms with Crippen molar-refractivity contribution in [1.29, 1.82) is 0 Å². The minimum atomic E-state index is -4.58. The monoisotopic (exact) mass is 182 g/mol. The van der Waals surface area contributed by atoms with Crippen LogP contribution in [0.15, 0.2) is 0 Å². The van der Waals surface area contributed by atoms with E-state index in [4.69, 9.17) is 16.7 Å². The first-order chi connectivity index (χ1) is 3.48. The molecule has 9 heavy (non-hydrogen) atoms. The Bertz CT molecular complexity index is 154. The van der Waals surface area contributed by atoms with Crippen molar-refractivity contribution in [3.63, 3.8) is 0 Å². The minimum Gasteiger partial charge on any atom is -0.746 e. The molecule has 0 aromatic rings. The maximum absolute atomic E-state index is 9.67. The molecule has 0 spiro atoms. The number of hydrogen-bond donors (Lipinski definition) is 1. The largest absolute Gasteiger partial charge is 1.00 e. The zero-order valence-corrected chi connectivity index (χ0v) is 8.32. The van der Waals surface area contributed by atoms with Gasteiger partial charge < -0.3 is 9.66 Å². The molecular weight excluding hydrogens is 179 g/mol. The standard InChI is InChI=1S/C2H5ClO4S.Na/c3-1-2(4)8(5,6)7;/h2,4H,1H2,(H,5,6,7);/q;+1/p-1. The molecule has 0 saturated heterocycles. The van der Waals surface area contributed by atoms with Crippen LogP contribution in [0.2, 0.25) is 0 Å². The van der Waals surface area contributed by atoms with Gasteiger partial charge in [0.2, 0.25) is 0 Å². The summed E-state index contributed by atoms with van der Waals surface area (Å²) < 4.78 is 29.0. The van der Waals surface area contributed by atoms with Gasteiger partial charge in [-0.25, -0.2) is 8.42 Å². The normalized spacial score (nSPS) is 14.1. The van der Waals surface area contributed by atoms with E-state index in [1.165, 1.54) is 0 Å². The molecule has 0 radical (unpaired) electrons. The van der Waals surface area contributed by atoms with E-state index in [0.29, 0.717) is 0 Å². The Labute approximate surface area is 80.2 Å². The fourth-order valence-corrected chi connectivity index (χ4v) is 0.694. The molecule has 0 aliphatic heterocycles. The Balaban J connectivity index is 0. The van der Waals surface area contributed by atoms with Crippen LogP contribution in [-0.2, 0) is 10.1 Å². The third-order valence-corrected chi connectivity index (χ3v) is 1.77. The van der Waals surface area contributed by atoms with E-state index in [1.54, 1.807) is 0 Å². The van der Waals surface area contributed by atoms with Crippen LogP contribution in [-0.4, -0.2) is 29.4 Å². The molecule has 1 N–H and O–H groups in total. The quantitative estimate of drug-likeness (QED) is 0.269. The number of aliphatic hydroxyl groups excluding tert-OH is 1. The van der Waals surface area contributed by atoms with Gasteiger partial charge in [0, 0.05) is 0 Å². The molecule has 0 saturated carbocycles. The van der Waals surface area contributed by atoms with Crippen molar-refractivity contribution in [2.24, 2.45) is 0 Å². The molecule has 0 bridgehead atoms. The molecule has 0 heterocycles. The number of rotatable bonds is 2. The first kappa shape index (κ1) is 12.8. The zero-order valence-electron chi connectivity index (χ0n) is 4.74. The van der Waals surface area contributed by atoms with Gasteiger partial charge in [0.25, 0.3) is 0 Å². The molecule has 0 fully saturated rings. The number of alkyl halides is 1. The van der Waals surface area contributed by atoms with E-state index in [9.17, 15) is 13.0 Å². The fourth-order valence-electron chi connectivity index (χ4n) is 0.0772. The third kappa shape index (κ3) is 5.60. The SMILES string of the molecule is O=S(=O)([O-])C(O)CCl.[Na+]. The second-order valence-electron chi connectivity index (χ2n) is 1.10. The average molecular weight is 183 g/mol. The van der Waals surface area contributed by atoms with Crippen LogP contribution in [0.1, 0.15) is 0 Å². The van der Waals surface area contributed by atoms with Crippen LogP contribution >= 0.6 is 11.6 Å². The Morgan fingerprint density at radius 1 is 1.67 bits per heavy atom. The van der Waals surface area contributed by atoms with Crippen LogP contribution < -0.4 is 29.6 Å². The molecule has 1 atom stereocenters. The molecule has 50 valence electrons. The van der Waals surface area contributed by atoms with Crippen LogP contribution in [0.5, 0.6) is 0 Å². The Hall–Kier alpha value is 1.16. The summed E-state index contributed by atoms with van der Waals surface area (Å²) >= 11 is 4.81. The predicted molar refractivity (Wildman–Crippen MR) is 26.4 cm³/mol. The molecule has 0 aromatic carbocycles. The molecule has 0 aromatic heterocycles. The summed E-state index contributed by atoms with van der Waals surface area (Å²) in [5.74, 6) is -0.578. The van der Waals surface area contributed by atoms with Gasteiger partial charge >= 0.3 is 29.6 Å². The maximum atomic E-state index is 9.67. The van der Waals surface area contributed by atoms with E-state index in [1.807, 2.05) is 0 Å². The van der Waals surface area contributed by atoms with E-state index in [0.717, 1.165) is 0 Å². The van der Waals surface area contributed by atoms with Gasteiger partial charge in [0.1, 0.15) is 10.1 Å². The molecule has 7 heteroatoms. The number of hydrogen-bond acceptors (Lipinski definition) is 4. The van der Waals surface area contributed by atoms with Gasteiger partial charge in [0.05, 0.1) is 5.88 Å². The van der Waals surface area contributed by atoms with Crippen molar-refractivity contribution < 1.29 is 47.6 Å². The van der Waals surface area contributed by atoms with Gasteiger partial charge in [-0.1, -0.05) is 0 Å². The summed E-state index contributed by atoms with van der Waals surface area (Å²) in [5.41, 5.74) is -1.97. The summed E-state index contributed by atoms with van der Waals surface area (Å²) in [6.07, 6.45) is 0. The first-order valence-electron chi connectivity index (χ1n) is 1.67. The maximum Gasteiger partial charge on any atom is 1.00 e. The zero-order chi connectivity index (χ0) is 6.78. The topological polar surface area (TPSA) is 77.4 Å². The summed E-state index contributed by atoms with van der Waals surface area (Å²) in [6, 6.07) is 0. The van der Waals surface area contributed by atoms with Crippen LogP contribution in [0.25, 0.3) is 0 Å². The second kappa shape index (κ2) is 4.90. The van der Waals surface area contributed by atoms with Crippen molar-refractivity contribution in [3.8, 4) is 0 Å². The van der Waals surface area contributed by atoms with Gasteiger partial charge in [-0.2, -0.15) is 0 Å². The minimum absolute atomic E-state index is 0. The molecular formula is C2H4ClNaO4S. The Morgan fingerprint density at radius 3 is 2.00 bits per heavy atom. The number of halogens is 1. The van der Waals surface area contributed by atoms with Crippen molar-refractivity contribution in [2.75, 3.05) is 5.88 Å².